The van der Waals surface area contributed by atoms with Crippen LogP contribution in [0.2, 0.25) is 10.0 Å². The maximum absolute atomic E-state index is 13.1. The van der Waals surface area contributed by atoms with Gasteiger partial charge in [0.05, 0.1) is 11.6 Å². The van der Waals surface area contributed by atoms with E-state index < -0.39 is 29.5 Å². The van der Waals surface area contributed by atoms with E-state index in [1.807, 2.05) is 30.3 Å². The average Bonchev–Trinajstić information content (AvgIpc) is 3.02. The Balaban J connectivity index is 1.90. The standard InChI is InChI=1S/C25H23Cl2NO5/c26-17-11-12-18(19(27)15-17)23-22(20(29)13-10-16-7-3-1-4-8-16)24(32)25(33)28(23)14-6-2-5-9-21(30)31/h1,3-4,7-8,10-13,15,23,32H,2,5-6,9,14H2,(H,30,31)/b13-10+. The van der Waals surface area contributed by atoms with Crippen LogP contribution in [-0.2, 0) is 14.4 Å². The Labute approximate surface area is 201 Å². The molecule has 33 heavy (non-hydrogen) atoms. The van der Waals surface area contributed by atoms with Crippen molar-refractivity contribution in [3.63, 3.8) is 0 Å². The zero-order chi connectivity index (χ0) is 24.0. The van der Waals surface area contributed by atoms with Crippen LogP contribution in [0.5, 0.6) is 0 Å². The molecular weight excluding hydrogens is 465 g/mol. The van der Waals surface area contributed by atoms with Crippen LogP contribution in [0.1, 0.15) is 42.9 Å². The molecule has 2 aromatic rings. The lowest BCUT2D eigenvalue weighted by Gasteiger charge is -2.27. The summed E-state index contributed by atoms with van der Waals surface area (Å²) in [6, 6.07) is 13.1. The summed E-state index contributed by atoms with van der Waals surface area (Å²) in [6.07, 6.45) is 4.53. The third-order valence-electron chi connectivity index (χ3n) is 5.34. The summed E-state index contributed by atoms with van der Waals surface area (Å²) in [5.41, 5.74) is 1.22. The molecule has 6 nitrogen and oxygen atoms in total. The largest absolute Gasteiger partial charge is 0.503 e. The molecule has 1 aliphatic heterocycles. The van der Waals surface area contributed by atoms with Gasteiger partial charge in [-0.25, -0.2) is 0 Å². The van der Waals surface area contributed by atoms with Gasteiger partial charge < -0.3 is 15.1 Å². The number of ketones is 1. The number of allylic oxidation sites excluding steroid dienone is 1. The number of hydrogen-bond donors (Lipinski definition) is 2. The van der Waals surface area contributed by atoms with Gasteiger partial charge >= 0.3 is 5.97 Å². The lowest BCUT2D eigenvalue weighted by molar-refractivity contribution is -0.137. The minimum atomic E-state index is -0.880. The van der Waals surface area contributed by atoms with Gasteiger partial charge in [-0.1, -0.05) is 72.1 Å². The second kappa shape index (κ2) is 11.2. The van der Waals surface area contributed by atoms with E-state index in [1.54, 1.807) is 18.2 Å². The Kier molecular flexibility index (Phi) is 8.31. The first kappa shape index (κ1) is 24.6. The summed E-state index contributed by atoms with van der Waals surface area (Å²) < 4.78 is 0. The molecule has 1 heterocycles. The number of carboxylic acid groups (broad SMARTS) is 1. The van der Waals surface area contributed by atoms with Crippen molar-refractivity contribution in [3.05, 3.63) is 87.1 Å². The van der Waals surface area contributed by atoms with E-state index >= 15 is 0 Å². The van der Waals surface area contributed by atoms with E-state index in [9.17, 15) is 19.5 Å². The van der Waals surface area contributed by atoms with Gasteiger partial charge in [-0.15, -0.1) is 0 Å². The number of carboxylic acids is 1. The molecule has 2 N–H and O–H groups in total. The van der Waals surface area contributed by atoms with Gasteiger partial charge in [-0.05, 0) is 42.2 Å². The molecule has 0 saturated heterocycles. The molecule has 0 aromatic heterocycles. The lowest BCUT2D eigenvalue weighted by atomic mass is 9.95. The van der Waals surface area contributed by atoms with Crippen LogP contribution in [0.3, 0.4) is 0 Å². The van der Waals surface area contributed by atoms with Gasteiger partial charge in [0.15, 0.2) is 11.5 Å². The van der Waals surface area contributed by atoms with Crippen LogP contribution in [0.15, 0.2) is 65.9 Å². The predicted octanol–water partition coefficient (Wildman–Crippen LogP) is 5.62. The molecular formula is C25H23Cl2NO5. The fourth-order valence-corrected chi connectivity index (χ4v) is 4.26. The molecule has 0 spiro atoms. The highest BCUT2D eigenvalue weighted by Crippen LogP contribution is 2.41. The van der Waals surface area contributed by atoms with Crippen LogP contribution in [0.25, 0.3) is 6.08 Å². The highest BCUT2D eigenvalue weighted by molar-refractivity contribution is 6.35. The fraction of sp³-hybridized carbons (Fsp3) is 0.240. The predicted molar refractivity (Wildman–Crippen MR) is 127 cm³/mol. The van der Waals surface area contributed by atoms with Crippen LogP contribution >= 0.6 is 23.2 Å². The zero-order valence-electron chi connectivity index (χ0n) is 17.7. The van der Waals surface area contributed by atoms with Crippen LogP contribution < -0.4 is 0 Å². The molecule has 0 saturated carbocycles. The Morgan fingerprint density at radius 1 is 1.03 bits per heavy atom. The number of aliphatic carboxylic acids is 1. The first-order chi connectivity index (χ1) is 15.8. The molecule has 0 radical (unpaired) electrons. The number of nitrogens with zero attached hydrogens (tertiary/aromatic N) is 1. The second-order valence-electron chi connectivity index (χ2n) is 7.64. The van der Waals surface area contributed by atoms with Crippen molar-refractivity contribution in [3.8, 4) is 0 Å². The van der Waals surface area contributed by atoms with E-state index in [1.165, 1.54) is 17.0 Å². The molecule has 172 valence electrons. The summed E-state index contributed by atoms with van der Waals surface area (Å²) >= 11 is 12.4. The smallest absolute Gasteiger partial charge is 0.303 e. The Morgan fingerprint density at radius 3 is 2.42 bits per heavy atom. The van der Waals surface area contributed by atoms with Crippen molar-refractivity contribution in [2.24, 2.45) is 0 Å². The van der Waals surface area contributed by atoms with Gasteiger partial charge in [0.1, 0.15) is 0 Å². The van der Waals surface area contributed by atoms with Gasteiger partial charge in [-0.3, -0.25) is 14.4 Å². The number of benzene rings is 2. The van der Waals surface area contributed by atoms with Crippen molar-refractivity contribution >= 4 is 46.9 Å². The molecule has 2 aromatic carbocycles. The maximum Gasteiger partial charge on any atom is 0.303 e. The third kappa shape index (κ3) is 6.03. The van der Waals surface area contributed by atoms with Crippen molar-refractivity contribution in [2.45, 2.75) is 31.7 Å². The van der Waals surface area contributed by atoms with Crippen molar-refractivity contribution in [1.82, 2.24) is 4.90 Å². The summed E-state index contributed by atoms with van der Waals surface area (Å²) in [7, 11) is 0. The zero-order valence-corrected chi connectivity index (χ0v) is 19.2. The maximum atomic E-state index is 13.1. The summed E-state index contributed by atoms with van der Waals surface area (Å²) in [5, 5.41) is 20.1. The molecule has 1 unspecified atom stereocenters. The topological polar surface area (TPSA) is 94.9 Å². The highest BCUT2D eigenvalue weighted by atomic mass is 35.5. The second-order valence-corrected chi connectivity index (χ2v) is 8.49. The van der Waals surface area contributed by atoms with Gasteiger partial charge in [0.2, 0.25) is 0 Å². The molecule has 0 fully saturated rings. The number of amides is 1. The van der Waals surface area contributed by atoms with E-state index in [4.69, 9.17) is 28.3 Å². The van der Waals surface area contributed by atoms with Gasteiger partial charge in [0, 0.05) is 23.0 Å². The molecule has 0 aliphatic carbocycles. The normalized spacial score (nSPS) is 16.1. The van der Waals surface area contributed by atoms with E-state index in [0.717, 1.165) is 5.56 Å². The average molecular weight is 488 g/mol. The first-order valence-electron chi connectivity index (χ1n) is 10.5. The SMILES string of the molecule is O=C(O)CCCCCN1C(=O)C(O)=C(C(=O)/C=C/c2ccccc2)C1c1ccc(Cl)cc1Cl. The molecule has 3 rings (SSSR count). The van der Waals surface area contributed by atoms with E-state index in [0.29, 0.717) is 29.8 Å². The number of carbonyl (C=O) groups excluding carboxylic acids is 2. The summed E-state index contributed by atoms with van der Waals surface area (Å²) in [6.45, 7) is 0.227. The highest BCUT2D eigenvalue weighted by Gasteiger charge is 2.43. The van der Waals surface area contributed by atoms with Gasteiger partial charge in [-0.2, -0.15) is 0 Å². The van der Waals surface area contributed by atoms with E-state index in [-0.39, 0.29) is 23.6 Å². The molecule has 1 aliphatic rings. The number of aliphatic hydroxyl groups is 1. The minimum Gasteiger partial charge on any atom is -0.503 e. The van der Waals surface area contributed by atoms with Crippen molar-refractivity contribution in [1.29, 1.82) is 0 Å². The summed E-state index contributed by atoms with van der Waals surface area (Å²) in [4.78, 5) is 38.1. The number of rotatable bonds is 10. The van der Waals surface area contributed by atoms with Crippen LogP contribution in [-0.4, -0.2) is 39.3 Å². The minimum absolute atomic E-state index is 0.0396. The van der Waals surface area contributed by atoms with Crippen molar-refractivity contribution in [2.75, 3.05) is 6.54 Å². The molecule has 1 amide bonds. The van der Waals surface area contributed by atoms with Crippen LogP contribution in [0, 0.1) is 0 Å². The number of hydrogen-bond acceptors (Lipinski definition) is 4. The van der Waals surface area contributed by atoms with Gasteiger partial charge in [0.25, 0.3) is 5.91 Å². The van der Waals surface area contributed by atoms with E-state index in [2.05, 4.69) is 0 Å². The number of halogens is 2. The first-order valence-corrected chi connectivity index (χ1v) is 11.2. The molecule has 1 atom stereocenters. The molecule has 8 heteroatoms. The fourth-order valence-electron chi connectivity index (χ4n) is 3.74. The Hall–Kier alpha value is -3.09. The number of aliphatic hydroxyl groups excluding tert-OH is 1. The Bertz CT molecular complexity index is 1110. The monoisotopic (exact) mass is 487 g/mol. The quantitative estimate of drug-likeness (QED) is 0.335. The summed E-state index contributed by atoms with van der Waals surface area (Å²) in [5.74, 6) is -2.66. The third-order valence-corrected chi connectivity index (χ3v) is 5.91. The number of unbranched alkanes of at least 4 members (excludes halogenated alkanes) is 2. The molecule has 0 bridgehead atoms. The number of carbonyl (C=O) groups is 3. The lowest BCUT2D eigenvalue weighted by Crippen LogP contribution is -2.32. The Morgan fingerprint density at radius 2 is 1.76 bits per heavy atom. The van der Waals surface area contributed by atoms with Crippen LogP contribution in [0.4, 0.5) is 0 Å². The van der Waals surface area contributed by atoms with Crippen molar-refractivity contribution < 1.29 is 24.6 Å².